The van der Waals surface area contributed by atoms with Crippen molar-refractivity contribution >= 4 is 51.8 Å². The van der Waals surface area contributed by atoms with Crippen molar-refractivity contribution in [2.45, 2.75) is 17.2 Å². The van der Waals surface area contributed by atoms with Gasteiger partial charge in [-0.1, -0.05) is 36.0 Å². The monoisotopic (exact) mass is 400 g/mol. The van der Waals surface area contributed by atoms with E-state index in [1.54, 1.807) is 0 Å². The molecule has 0 saturated carbocycles. The van der Waals surface area contributed by atoms with Crippen molar-refractivity contribution in [3.8, 4) is 0 Å². The molecule has 4 rings (SSSR count). The van der Waals surface area contributed by atoms with Crippen LogP contribution in [0.3, 0.4) is 0 Å². The number of hydrogen-bond acceptors (Lipinski definition) is 6. The third-order valence-electron chi connectivity index (χ3n) is 4.17. The molecule has 1 aliphatic rings. The highest BCUT2D eigenvalue weighted by molar-refractivity contribution is 8.01. The highest BCUT2D eigenvalue weighted by Gasteiger charge is 2.24. The van der Waals surface area contributed by atoms with Gasteiger partial charge in [0.05, 0.1) is 22.7 Å². The number of Topliss-reactive ketones (excluding diaryl/α,β-unsaturated/α-hetero) is 1. The average Bonchev–Trinajstić information content (AvgIpc) is 3.39. The van der Waals surface area contributed by atoms with Gasteiger partial charge in [0.25, 0.3) is 0 Å². The van der Waals surface area contributed by atoms with Crippen LogP contribution in [0.4, 0.5) is 5.69 Å². The fourth-order valence-electron chi connectivity index (χ4n) is 2.92. The average molecular weight is 401 g/mol. The predicted octanol–water partition coefficient (Wildman–Crippen LogP) is 4.31. The minimum atomic E-state index is 0.0754. The zero-order valence-electron chi connectivity index (χ0n) is 13.9. The number of benzene rings is 1. The summed E-state index contributed by atoms with van der Waals surface area (Å²) >= 11 is 4.38. The van der Waals surface area contributed by atoms with Gasteiger partial charge in [-0.2, -0.15) is 0 Å². The number of thiophene rings is 1. The summed E-state index contributed by atoms with van der Waals surface area (Å²) in [6, 6.07) is 11.8. The first-order valence-corrected chi connectivity index (χ1v) is 11.0. The number of amides is 1. The molecule has 0 spiro atoms. The molecule has 0 unspecified atom stereocenters. The molecule has 4 nitrogen and oxygen atoms in total. The second-order valence-electron chi connectivity index (χ2n) is 5.89. The first kappa shape index (κ1) is 17.5. The van der Waals surface area contributed by atoms with Gasteiger partial charge in [-0.3, -0.25) is 9.59 Å². The number of rotatable bonds is 6. The van der Waals surface area contributed by atoms with E-state index >= 15 is 0 Å². The van der Waals surface area contributed by atoms with E-state index in [2.05, 4.69) is 11.1 Å². The van der Waals surface area contributed by atoms with E-state index in [4.69, 9.17) is 0 Å². The quantitative estimate of drug-likeness (QED) is 0.457. The summed E-state index contributed by atoms with van der Waals surface area (Å²) in [6.45, 7) is 0.735. The van der Waals surface area contributed by atoms with Crippen molar-refractivity contribution in [1.82, 2.24) is 4.98 Å². The van der Waals surface area contributed by atoms with E-state index in [1.807, 2.05) is 46.0 Å². The van der Waals surface area contributed by atoms with Gasteiger partial charge in [-0.15, -0.1) is 22.7 Å². The molecule has 0 fully saturated rings. The highest BCUT2D eigenvalue weighted by atomic mass is 32.2. The zero-order valence-corrected chi connectivity index (χ0v) is 16.3. The van der Waals surface area contributed by atoms with Crippen LogP contribution in [0.5, 0.6) is 0 Å². The van der Waals surface area contributed by atoms with Gasteiger partial charge >= 0.3 is 0 Å². The minimum Gasteiger partial charge on any atom is -0.311 e. The highest BCUT2D eigenvalue weighted by Crippen LogP contribution is 2.29. The van der Waals surface area contributed by atoms with E-state index in [0.717, 1.165) is 33.6 Å². The van der Waals surface area contributed by atoms with Crippen LogP contribution in [0.15, 0.2) is 51.5 Å². The molecule has 1 aliphatic heterocycles. The number of aromatic nitrogens is 1. The number of thiazole rings is 1. The molecule has 26 heavy (non-hydrogen) atoms. The lowest BCUT2D eigenvalue weighted by atomic mass is 10.2. The fourth-order valence-corrected chi connectivity index (χ4v) is 5.40. The Kier molecular flexibility index (Phi) is 5.19. The Hall–Kier alpha value is -1.96. The molecule has 3 heterocycles. The molecule has 2 aromatic heterocycles. The number of anilines is 1. The number of hydrogen-bond donors (Lipinski definition) is 0. The second kappa shape index (κ2) is 7.73. The number of carbonyl (C=O) groups is 2. The second-order valence-corrected chi connectivity index (χ2v) is 8.92. The van der Waals surface area contributed by atoms with Crippen LogP contribution in [0, 0.1) is 0 Å². The third-order valence-corrected chi connectivity index (χ3v) is 7.15. The molecule has 0 N–H and O–H groups in total. The zero-order chi connectivity index (χ0) is 17.9. The molecule has 0 aliphatic carbocycles. The van der Waals surface area contributed by atoms with Gasteiger partial charge in [0.15, 0.2) is 10.1 Å². The normalized spacial score (nSPS) is 13.0. The first-order valence-electron chi connectivity index (χ1n) is 8.23. The maximum atomic E-state index is 12.6. The number of para-hydroxylation sites is 1. The molecule has 132 valence electrons. The Labute approximate surface area is 163 Å². The number of carbonyl (C=O) groups excluding carboxylic acids is 2. The summed E-state index contributed by atoms with van der Waals surface area (Å²) in [5.41, 5.74) is 3.02. The maximum absolute atomic E-state index is 12.6. The Bertz CT molecular complexity index is 934. The van der Waals surface area contributed by atoms with Crippen LogP contribution in [0.2, 0.25) is 0 Å². The molecule has 0 saturated heterocycles. The molecule has 1 amide bonds. The van der Waals surface area contributed by atoms with Crippen molar-refractivity contribution in [3.63, 3.8) is 0 Å². The van der Waals surface area contributed by atoms with E-state index in [0.29, 0.717) is 12.2 Å². The molecule has 0 bridgehead atoms. The van der Waals surface area contributed by atoms with Gasteiger partial charge < -0.3 is 4.90 Å². The van der Waals surface area contributed by atoms with Gasteiger partial charge in [-0.05, 0) is 29.5 Å². The molecule has 7 heteroatoms. The number of fused-ring (bicyclic) bond motifs is 1. The number of ketones is 1. The van der Waals surface area contributed by atoms with E-state index < -0.39 is 0 Å². The van der Waals surface area contributed by atoms with Crippen molar-refractivity contribution in [2.75, 3.05) is 17.2 Å². The summed E-state index contributed by atoms with van der Waals surface area (Å²) in [6.07, 6.45) is 1.20. The van der Waals surface area contributed by atoms with Crippen LogP contribution >= 0.6 is 34.4 Å². The number of thioether (sulfide) groups is 1. The van der Waals surface area contributed by atoms with Crippen LogP contribution in [0.25, 0.3) is 0 Å². The Morgan fingerprint density at radius 1 is 1.15 bits per heavy atom. The van der Waals surface area contributed by atoms with Crippen LogP contribution in [0.1, 0.15) is 20.9 Å². The fraction of sp³-hybridized carbons (Fsp3) is 0.211. The topological polar surface area (TPSA) is 50.3 Å². The summed E-state index contributed by atoms with van der Waals surface area (Å²) in [7, 11) is 0. The van der Waals surface area contributed by atoms with Gasteiger partial charge in [0.1, 0.15) is 0 Å². The lowest BCUT2D eigenvalue weighted by Crippen LogP contribution is -2.30. The van der Waals surface area contributed by atoms with Crippen molar-refractivity contribution in [1.29, 1.82) is 0 Å². The molecule has 0 atom stereocenters. The van der Waals surface area contributed by atoms with E-state index in [9.17, 15) is 9.59 Å². The summed E-state index contributed by atoms with van der Waals surface area (Å²) < 4.78 is 0.833. The van der Waals surface area contributed by atoms with Crippen molar-refractivity contribution in [2.24, 2.45) is 0 Å². The Morgan fingerprint density at radius 2 is 2.04 bits per heavy atom. The van der Waals surface area contributed by atoms with Gasteiger partial charge in [-0.25, -0.2) is 4.98 Å². The summed E-state index contributed by atoms with van der Waals surface area (Å²) in [4.78, 5) is 31.8. The molecule has 1 aromatic carbocycles. The molecule has 3 aromatic rings. The number of nitrogens with zero attached hydrogens (tertiary/aromatic N) is 2. The summed E-state index contributed by atoms with van der Waals surface area (Å²) in [5, 5.41) is 3.82. The molecular formula is C19H16N2O2S3. The lowest BCUT2D eigenvalue weighted by molar-refractivity contribution is -0.117. The molecular weight excluding hydrogens is 384 g/mol. The van der Waals surface area contributed by atoms with Crippen molar-refractivity contribution in [3.05, 3.63) is 63.3 Å². The smallest absolute Gasteiger partial charge is 0.233 e. The first-order chi connectivity index (χ1) is 12.7. The van der Waals surface area contributed by atoms with Crippen LogP contribution in [-0.4, -0.2) is 29.0 Å². The largest absolute Gasteiger partial charge is 0.311 e. The van der Waals surface area contributed by atoms with Gasteiger partial charge in [0, 0.05) is 17.6 Å². The standard InChI is InChI=1S/C19H16N2O2S3/c22-16(17-6-3-9-24-17)12-26-19-20-14(11-25-19)10-18(23)21-8-7-13-4-1-2-5-15(13)21/h1-6,9,11H,7-8,10,12H2. The minimum absolute atomic E-state index is 0.0754. The third kappa shape index (κ3) is 3.75. The Morgan fingerprint density at radius 3 is 2.88 bits per heavy atom. The SMILES string of the molecule is O=C(CSc1nc(CC(=O)N2CCc3ccccc32)cs1)c1cccs1. The van der Waals surface area contributed by atoms with Crippen LogP contribution in [-0.2, 0) is 17.6 Å². The van der Waals surface area contributed by atoms with Gasteiger partial charge in [0.2, 0.25) is 5.91 Å². The summed E-state index contributed by atoms with van der Waals surface area (Å²) in [5.74, 6) is 0.568. The van der Waals surface area contributed by atoms with E-state index in [-0.39, 0.29) is 11.7 Å². The van der Waals surface area contributed by atoms with Crippen molar-refractivity contribution < 1.29 is 9.59 Å². The Balaban J connectivity index is 1.35. The predicted molar refractivity (Wildman–Crippen MR) is 108 cm³/mol. The lowest BCUT2D eigenvalue weighted by Gasteiger charge is -2.16. The van der Waals surface area contributed by atoms with E-state index in [1.165, 1.54) is 40.0 Å². The van der Waals surface area contributed by atoms with Crippen LogP contribution < -0.4 is 4.90 Å². The maximum Gasteiger partial charge on any atom is 0.233 e. The molecule has 0 radical (unpaired) electrons.